The lowest BCUT2D eigenvalue weighted by atomic mass is 10.0. The van der Waals surface area contributed by atoms with Crippen molar-refractivity contribution in [1.82, 2.24) is 9.80 Å². The number of amides is 3. The Labute approximate surface area is 195 Å². The summed E-state index contributed by atoms with van der Waals surface area (Å²) in [6, 6.07) is 12.0. The van der Waals surface area contributed by atoms with Crippen LogP contribution < -0.4 is 5.32 Å². The number of aryl methyl sites for hydroxylation is 1. The summed E-state index contributed by atoms with van der Waals surface area (Å²) in [6.07, 6.45) is -2.31. The molecule has 9 heteroatoms. The molecule has 0 saturated carbocycles. The SMILES string of the molecule is CCc1cccc(NC(=O)N2CCC3(CC2)SCCN3C(=O)c2ccc(C(F)(F)F)cc2)c1. The predicted octanol–water partition coefficient (Wildman–Crippen LogP) is 5.48. The Hall–Kier alpha value is -2.68. The number of alkyl halides is 3. The van der Waals surface area contributed by atoms with Gasteiger partial charge in [-0.15, -0.1) is 11.8 Å². The molecule has 2 aromatic rings. The van der Waals surface area contributed by atoms with Crippen LogP contribution >= 0.6 is 11.8 Å². The first-order valence-electron chi connectivity index (χ1n) is 11.0. The fourth-order valence-electron chi connectivity index (χ4n) is 4.40. The third-order valence-corrected chi connectivity index (χ3v) is 7.85. The molecule has 2 aliphatic rings. The number of piperidine rings is 1. The van der Waals surface area contributed by atoms with Crippen molar-refractivity contribution in [2.45, 2.75) is 37.2 Å². The Kier molecular flexibility index (Phi) is 6.61. The summed E-state index contributed by atoms with van der Waals surface area (Å²) in [4.78, 5) is 29.0. The summed E-state index contributed by atoms with van der Waals surface area (Å²) in [5, 5.41) is 2.95. The highest BCUT2D eigenvalue weighted by Gasteiger charge is 2.47. The van der Waals surface area contributed by atoms with E-state index in [1.807, 2.05) is 24.3 Å². The van der Waals surface area contributed by atoms with Gasteiger partial charge in [0.2, 0.25) is 0 Å². The van der Waals surface area contributed by atoms with E-state index in [-0.39, 0.29) is 17.5 Å². The number of hydrogen-bond acceptors (Lipinski definition) is 3. The zero-order valence-electron chi connectivity index (χ0n) is 18.3. The maximum Gasteiger partial charge on any atom is 0.416 e. The maximum absolute atomic E-state index is 13.1. The van der Waals surface area contributed by atoms with Crippen LogP contribution in [0.2, 0.25) is 0 Å². The smallest absolute Gasteiger partial charge is 0.324 e. The van der Waals surface area contributed by atoms with Crippen molar-refractivity contribution in [3.05, 3.63) is 65.2 Å². The number of benzene rings is 2. The predicted molar refractivity (Wildman–Crippen MR) is 123 cm³/mol. The van der Waals surface area contributed by atoms with E-state index in [2.05, 4.69) is 12.2 Å². The summed E-state index contributed by atoms with van der Waals surface area (Å²) >= 11 is 1.69. The van der Waals surface area contributed by atoms with Gasteiger partial charge in [-0.05, 0) is 61.2 Å². The first-order valence-corrected chi connectivity index (χ1v) is 12.0. The molecule has 33 heavy (non-hydrogen) atoms. The van der Waals surface area contributed by atoms with Crippen LogP contribution in [0.15, 0.2) is 48.5 Å². The number of carbonyl (C=O) groups is 2. The van der Waals surface area contributed by atoms with Crippen molar-refractivity contribution in [3.8, 4) is 0 Å². The zero-order chi connectivity index (χ0) is 23.6. The number of nitrogens with one attached hydrogen (secondary N) is 1. The third kappa shape index (κ3) is 4.98. The molecular weight excluding hydrogens is 451 g/mol. The molecule has 2 aromatic carbocycles. The second-order valence-corrected chi connectivity index (χ2v) is 9.75. The van der Waals surface area contributed by atoms with E-state index < -0.39 is 16.6 Å². The van der Waals surface area contributed by atoms with Crippen molar-refractivity contribution >= 4 is 29.4 Å². The molecule has 0 unspecified atom stereocenters. The second-order valence-electron chi connectivity index (χ2n) is 8.30. The number of hydrogen-bond donors (Lipinski definition) is 1. The fraction of sp³-hybridized carbons (Fsp3) is 0.417. The van der Waals surface area contributed by atoms with Crippen molar-refractivity contribution in [2.75, 3.05) is 30.7 Å². The van der Waals surface area contributed by atoms with Gasteiger partial charge in [-0.1, -0.05) is 19.1 Å². The Morgan fingerprint density at radius 1 is 1.06 bits per heavy atom. The standard InChI is InChI=1S/C24H26F3N3O2S/c1-2-17-4-3-5-20(16-17)28-22(32)29-12-10-23(11-13-29)30(14-15-33-23)21(31)18-6-8-19(9-7-18)24(25,26)27/h3-9,16H,2,10-15H2,1H3,(H,28,32). The molecular formula is C24H26F3N3O2S. The highest BCUT2D eigenvalue weighted by Crippen LogP contribution is 2.44. The van der Waals surface area contributed by atoms with E-state index in [9.17, 15) is 22.8 Å². The van der Waals surface area contributed by atoms with Crippen LogP contribution in [0.5, 0.6) is 0 Å². The van der Waals surface area contributed by atoms with Crippen LogP contribution in [0.25, 0.3) is 0 Å². The van der Waals surface area contributed by atoms with Crippen LogP contribution in [-0.4, -0.2) is 52.0 Å². The highest BCUT2D eigenvalue weighted by molar-refractivity contribution is 8.00. The molecule has 0 bridgehead atoms. The van der Waals surface area contributed by atoms with Gasteiger partial charge >= 0.3 is 12.2 Å². The Morgan fingerprint density at radius 3 is 2.39 bits per heavy atom. The quantitative estimate of drug-likeness (QED) is 0.637. The molecule has 0 atom stereocenters. The topological polar surface area (TPSA) is 52.7 Å². The monoisotopic (exact) mass is 477 g/mol. The molecule has 4 rings (SSSR count). The number of rotatable bonds is 3. The number of nitrogens with zero attached hydrogens (tertiary/aromatic N) is 2. The lowest BCUT2D eigenvalue weighted by molar-refractivity contribution is -0.137. The van der Waals surface area contributed by atoms with E-state index in [1.165, 1.54) is 12.1 Å². The number of thioether (sulfide) groups is 1. The van der Waals surface area contributed by atoms with Gasteiger partial charge in [-0.2, -0.15) is 13.2 Å². The Bertz CT molecular complexity index is 1020. The number of anilines is 1. The van der Waals surface area contributed by atoms with Gasteiger partial charge in [0.25, 0.3) is 5.91 Å². The average Bonchev–Trinajstić information content (AvgIpc) is 3.21. The van der Waals surface area contributed by atoms with Crippen molar-refractivity contribution in [2.24, 2.45) is 0 Å². The third-order valence-electron chi connectivity index (χ3n) is 6.30. The molecule has 1 N–H and O–H groups in total. The van der Waals surface area contributed by atoms with Crippen LogP contribution in [-0.2, 0) is 12.6 Å². The van der Waals surface area contributed by atoms with Crippen molar-refractivity contribution in [1.29, 1.82) is 0 Å². The summed E-state index contributed by atoms with van der Waals surface area (Å²) in [7, 11) is 0. The number of urea groups is 1. The minimum Gasteiger partial charge on any atom is -0.324 e. The van der Waals surface area contributed by atoms with Gasteiger partial charge in [-0.3, -0.25) is 4.79 Å². The van der Waals surface area contributed by atoms with Crippen LogP contribution in [0.4, 0.5) is 23.7 Å². The summed E-state index contributed by atoms with van der Waals surface area (Å²) in [5.41, 5.74) is 1.38. The van der Waals surface area contributed by atoms with Crippen LogP contribution in [0.1, 0.15) is 41.3 Å². The molecule has 2 fully saturated rings. The van der Waals surface area contributed by atoms with E-state index in [1.54, 1.807) is 21.6 Å². The number of halogens is 3. The summed E-state index contributed by atoms with van der Waals surface area (Å²) in [5.74, 6) is 0.505. The minimum absolute atomic E-state index is 0.165. The number of carbonyl (C=O) groups excluding carboxylic acids is 2. The highest BCUT2D eigenvalue weighted by atomic mass is 32.2. The van der Waals surface area contributed by atoms with Gasteiger partial charge in [-0.25, -0.2) is 4.79 Å². The first-order chi connectivity index (χ1) is 15.7. The fourth-order valence-corrected chi connectivity index (χ4v) is 5.85. The zero-order valence-corrected chi connectivity index (χ0v) is 19.1. The van der Waals surface area contributed by atoms with Crippen LogP contribution in [0.3, 0.4) is 0 Å². The lowest BCUT2D eigenvalue weighted by Gasteiger charge is -2.44. The van der Waals surface area contributed by atoms with Gasteiger partial charge in [0.1, 0.15) is 0 Å². The molecule has 1 spiro atoms. The molecule has 2 aliphatic heterocycles. The second kappa shape index (κ2) is 9.29. The molecule has 0 aromatic heterocycles. The van der Waals surface area contributed by atoms with Gasteiger partial charge in [0.05, 0.1) is 10.4 Å². The molecule has 5 nitrogen and oxygen atoms in total. The van der Waals surface area contributed by atoms with Gasteiger partial charge in [0, 0.05) is 36.6 Å². The first kappa shape index (κ1) is 23.5. The summed E-state index contributed by atoms with van der Waals surface area (Å²) in [6.45, 7) is 3.61. The lowest BCUT2D eigenvalue weighted by Crippen LogP contribution is -2.54. The summed E-state index contributed by atoms with van der Waals surface area (Å²) < 4.78 is 38.5. The van der Waals surface area contributed by atoms with Crippen LogP contribution in [0, 0.1) is 0 Å². The van der Waals surface area contributed by atoms with E-state index >= 15 is 0 Å². The Morgan fingerprint density at radius 2 is 1.76 bits per heavy atom. The van der Waals surface area contributed by atoms with E-state index in [4.69, 9.17) is 0 Å². The molecule has 3 amide bonds. The molecule has 176 valence electrons. The average molecular weight is 478 g/mol. The van der Waals surface area contributed by atoms with E-state index in [0.29, 0.717) is 32.5 Å². The van der Waals surface area contributed by atoms with E-state index in [0.717, 1.165) is 35.6 Å². The van der Waals surface area contributed by atoms with Crippen molar-refractivity contribution in [3.63, 3.8) is 0 Å². The maximum atomic E-state index is 13.1. The minimum atomic E-state index is -4.43. The molecule has 0 aliphatic carbocycles. The Balaban J connectivity index is 1.40. The molecule has 2 saturated heterocycles. The van der Waals surface area contributed by atoms with Gasteiger partial charge in [0.15, 0.2) is 0 Å². The molecule has 0 radical (unpaired) electrons. The largest absolute Gasteiger partial charge is 0.416 e. The van der Waals surface area contributed by atoms with Crippen molar-refractivity contribution < 1.29 is 22.8 Å². The van der Waals surface area contributed by atoms with Gasteiger partial charge < -0.3 is 15.1 Å². The number of likely N-dealkylation sites (tertiary alicyclic amines) is 1. The normalized spacial score (nSPS) is 17.9. The molecule has 2 heterocycles.